The molecular weight excluding hydrogens is 280 g/mol. The van der Waals surface area contributed by atoms with E-state index in [4.69, 9.17) is 10.5 Å². The van der Waals surface area contributed by atoms with Gasteiger partial charge in [0.2, 0.25) is 10.0 Å². The van der Waals surface area contributed by atoms with E-state index in [1.807, 2.05) is 6.92 Å². The quantitative estimate of drug-likeness (QED) is 0.728. The molecule has 1 rings (SSSR count). The van der Waals surface area contributed by atoms with Crippen LogP contribution in [0.1, 0.15) is 30.6 Å². The molecule has 0 saturated carbocycles. The van der Waals surface area contributed by atoms with Gasteiger partial charge in [0, 0.05) is 12.6 Å². The summed E-state index contributed by atoms with van der Waals surface area (Å²) >= 11 is 0. The number of carbonyl (C=O) groups excluding carboxylic acids is 1. The molecule has 3 N–H and O–H groups in total. The maximum absolute atomic E-state index is 12.0. The van der Waals surface area contributed by atoms with Crippen LogP contribution >= 0.6 is 0 Å². The summed E-state index contributed by atoms with van der Waals surface area (Å²) in [6.07, 6.45) is 0.685. The van der Waals surface area contributed by atoms with Gasteiger partial charge in [-0.05, 0) is 37.6 Å². The van der Waals surface area contributed by atoms with E-state index in [1.54, 1.807) is 6.92 Å². The predicted octanol–water partition coefficient (Wildman–Crippen LogP) is 0.879. The molecule has 0 spiro atoms. The number of ether oxygens (including phenoxy) is 1. The Balaban J connectivity index is 2.79. The van der Waals surface area contributed by atoms with Gasteiger partial charge in [0.25, 0.3) is 0 Å². The molecule has 0 heterocycles. The summed E-state index contributed by atoms with van der Waals surface area (Å²) < 4.78 is 31.2. The summed E-state index contributed by atoms with van der Waals surface area (Å²) in [5, 5.41) is 0. The van der Waals surface area contributed by atoms with E-state index in [0.29, 0.717) is 12.0 Å². The molecule has 0 aromatic heterocycles. The van der Waals surface area contributed by atoms with Crippen molar-refractivity contribution in [1.29, 1.82) is 0 Å². The molecule has 6 nitrogen and oxygen atoms in total. The van der Waals surface area contributed by atoms with Crippen LogP contribution in [0.5, 0.6) is 0 Å². The number of nitrogens with one attached hydrogen (secondary N) is 1. The number of hydrogen-bond donors (Lipinski definition) is 2. The Morgan fingerprint density at radius 2 is 1.90 bits per heavy atom. The van der Waals surface area contributed by atoms with E-state index in [0.717, 1.165) is 0 Å². The monoisotopic (exact) mass is 300 g/mol. The Morgan fingerprint density at radius 1 is 1.30 bits per heavy atom. The zero-order chi connectivity index (χ0) is 15.2. The molecule has 1 aromatic rings. The zero-order valence-corrected chi connectivity index (χ0v) is 12.4. The van der Waals surface area contributed by atoms with Crippen LogP contribution in [0.25, 0.3) is 0 Å². The first-order valence-electron chi connectivity index (χ1n) is 6.43. The maximum Gasteiger partial charge on any atom is 0.338 e. The molecule has 0 aliphatic carbocycles. The van der Waals surface area contributed by atoms with Crippen LogP contribution in [0.15, 0.2) is 29.2 Å². The smallest absolute Gasteiger partial charge is 0.338 e. The van der Waals surface area contributed by atoms with Gasteiger partial charge >= 0.3 is 5.97 Å². The molecule has 0 fully saturated rings. The summed E-state index contributed by atoms with van der Waals surface area (Å²) in [5.41, 5.74) is 5.98. The molecule has 0 bridgehead atoms. The van der Waals surface area contributed by atoms with Gasteiger partial charge < -0.3 is 10.5 Å². The second-order valence-corrected chi connectivity index (χ2v) is 6.03. The van der Waals surface area contributed by atoms with E-state index in [2.05, 4.69) is 4.72 Å². The normalized spacial score (nSPS) is 12.9. The number of rotatable bonds is 7. The van der Waals surface area contributed by atoms with Gasteiger partial charge in [-0.1, -0.05) is 6.92 Å². The Hall–Kier alpha value is -1.44. The highest BCUT2D eigenvalue weighted by Gasteiger charge is 2.16. The third kappa shape index (κ3) is 4.59. The molecule has 20 heavy (non-hydrogen) atoms. The molecule has 7 heteroatoms. The second-order valence-electron chi connectivity index (χ2n) is 4.27. The van der Waals surface area contributed by atoms with E-state index in [-0.39, 0.29) is 24.1 Å². The van der Waals surface area contributed by atoms with Crippen molar-refractivity contribution in [2.24, 2.45) is 5.73 Å². The van der Waals surface area contributed by atoms with Crippen LogP contribution in [0.2, 0.25) is 0 Å². The van der Waals surface area contributed by atoms with Gasteiger partial charge in [0.05, 0.1) is 17.1 Å². The van der Waals surface area contributed by atoms with E-state index in [1.165, 1.54) is 24.3 Å². The lowest BCUT2D eigenvalue weighted by atomic mass is 10.2. The topological polar surface area (TPSA) is 98.5 Å². The maximum atomic E-state index is 12.0. The second kappa shape index (κ2) is 7.37. The van der Waals surface area contributed by atoms with Crippen molar-refractivity contribution >= 4 is 16.0 Å². The summed E-state index contributed by atoms with van der Waals surface area (Å²) in [7, 11) is -3.60. The van der Waals surface area contributed by atoms with Crippen molar-refractivity contribution < 1.29 is 17.9 Å². The fourth-order valence-corrected chi connectivity index (χ4v) is 2.52. The SMILES string of the molecule is CCOC(=O)c1ccc(S(=O)(=O)NCC(N)CC)cc1. The van der Waals surface area contributed by atoms with E-state index < -0.39 is 16.0 Å². The van der Waals surface area contributed by atoms with Gasteiger partial charge in [0.1, 0.15) is 0 Å². The number of sulfonamides is 1. The molecule has 112 valence electrons. The van der Waals surface area contributed by atoms with E-state index >= 15 is 0 Å². The molecule has 0 aliphatic heterocycles. The van der Waals surface area contributed by atoms with Crippen molar-refractivity contribution in [2.75, 3.05) is 13.2 Å². The molecule has 0 aliphatic rings. The summed E-state index contributed by atoms with van der Waals surface area (Å²) in [6, 6.07) is 5.36. The van der Waals surface area contributed by atoms with Crippen LogP contribution in [0, 0.1) is 0 Å². The Kier molecular flexibility index (Phi) is 6.12. The van der Waals surface area contributed by atoms with Gasteiger partial charge in [-0.25, -0.2) is 17.9 Å². The van der Waals surface area contributed by atoms with Gasteiger partial charge in [-0.15, -0.1) is 0 Å². The highest BCUT2D eigenvalue weighted by Crippen LogP contribution is 2.11. The lowest BCUT2D eigenvalue weighted by Crippen LogP contribution is -2.36. The van der Waals surface area contributed by atoms with Crippen molar-refractivity contribution in [3.63, 3.8) is 0 Å². The van der Waals surface area contributed by atoms with Crippen LogP contribution in [-0.2, 0) is 14.8 Å². The average Bonchev–Trinajstić information content (AvgIpc) is 2.45. The van der Waals surface area contributed by atoms with Gasteiger partial charge in [-0.3, -0.25) is 0 Å². The standard InChI is InChI=1S/C13H20N2O4S/c1-3-11(14)9-15-20(17,18)12-7-5-10(6-8-12)13(16)19-4-2/h5-8,11,15H,3-4,9,14H2,1-2H3. The molecule has 1 aromatic carbocycles. The molecule has 0 radical (unpaired) electrons. The van der Waals surface area contributed by atoms with Crippen LogP contribution in [0.3, 0.4) is 0 Å². The molecule has 1 atom stereocenters. The van der Waals surface area contributed by atoms with Crippen LogP contribution in [0.4, 0.5) is 0 Å². The molecule has 0 saturated heterocycles. The van der Waals surface area contributed by atoms with Crippen molar-refractivity contribution in [3.8, 4) is 0 Å². The number of esters is 1. The van der Waals surface area contributed by atoms with E-state index in [9.17, 15) is 13.2 Å². The largest absolute Gasteiger partial charge is 0.462 e. The third-order valence-electron chi connectivity index (χ3n) is 2.74. The first-order chi connectivity index (χ1) is 9.40. The van der Waals surface area contributed by atoms with Crippen molar-refractivity contribution in [1.82, 2.24) is 4.72 Å². The molecular formula is C13H20N2O4S. The third-order valence-corrected chi connectivity index (χ3v) is 4.18. The van der Waals surface area contributed by atoms with Gasteiger partial charge in [0.15, 0.2) is 0 Å². The van der Waals surface area contributed by atoms with Crippen LogP contribution in [-0.4, -0.2) is 33.6 Å². The number of nitrogens with two attached hydrogens (primary N) is 1. The minimum atomic E-state index is -3.60. The number of hydrogen-bond acceptors (Lipinski definition) is 5. The first-order valence-corrected chi connectivity index (χ1v) is 7.91. The van der Waals surface area contributed by atoms with Crippen LogP contribution < -0.4 is 10.5 Å². The predicted molar refractivity (Wildman–Crippen MR) is 75.9 cm³/mol. The fourth-order valence-electron chi connectivity index (χ4n) is 1.43. The lowest BCUT2D eigenvalue weighted by Gasteiger charge is -2.11. The minimum Gasteiger partial charge on any atom is -0.462 e. The Labute approximate surface area is 119 Å². The van der Waals surface area contributed by atoms with Crippen molar-refractivity contribution in [3.05, 3.63) is 29.8 Å². The Bertz CT molecular complexity index is 540. The molecule has 1 unspecified atom stereocenters. The highest BCUT2D eigenvalue weighted by atomic mass is 32.2. The number of carbonyl (C=O) groups is 1. The first kappa shape index (κ1) is 16.6. The lowest BCUT2D eigenvalue weighted by molar-refractivity contribution is 0.0526. The summed E-state index contributed by atoms with van der Waals surface area (Å²) in [5.74, 6) is -0.475. The molecule has 0 amide bonds. The zero-order valence-electron chi connectivity index (χ0n) is 11.6. The highest BCUT2D eigenvalue weighted by molar-refractivity contribution is 7.89. The van der Waals surface area contributed by atoms with Crippen molar-refractivity contribution in [2.45, 2.75) is 31.2 Å². The number of benzene rings is 1. The fraction of sp³-hybridized carbons (Fsp3) is 0.462. The summed E-state index contributed by atoms with van der Waals surface area (Å²) in [4.78, 5) is 11.5. The summed E-state index contributed by atoms with van der Waals surface area (Å²) in [6.45, 7) is 4.04. The average molecular weight is 300 g/mol. The van der Waals surface area contributed by atoms with Gasteiger partial charge in [-0.2, -0.15) is 0 Å². The minimum absolute atomic E-state index is 0.0915. The Morgan fingerprint density at radius 3 is 2.40 bits per heavy atom.